The molecule has 1 amide bonds. The zero-order valence-corrected chi connectivity index (χ0v) is 22.6. The van der Waals surface area contributed by atoms with E-state index in [1.165, 1.54) is 3.57 Å². The van der Waals surface area contributed by atoms with Crippen molar-refractivity contribution in [2.45, 2.75) is 32.5 Å². The molecule has 0 spiro atoms. The second kappa shape index (κ2) is 16.5. The summed E-state index contributed by atoms with van der Waals surface area (Å²) in [6.07, 6.45) is 9.19. The van der Waals surface area contributed by atoms with Gasteiger partial charge in [-0.1, -0.05) is 48.2 Å². The third-order valence-electron chi connectivity index (χ3n) is 6.03. The Labute approximate surface area is 226 Å². The van der Waals surface area contributed by atoms with Crippen molar-refractivity contribution < 1.29 is 9.82 Å². The number of nitrogens with zero attached hydrogens (tertiary/aromatic N) is 2. The van der Waals surface area contributed by atoms with Crippen LogP contribution in [-0.2, 0) is 0 Å². The van der Waals surface area contributed by atoms with Crippen molar-refractivity contribution in [2.24, 2.45) is 11.8 Å². The van der Waals surface area contributed by atoms with Crippen LogP contribution in [0.5, 0.6) is 0 Å². The van der Waals surface area contributed by atoms with E-state index >= 15 is 0 Å². The standard InChI is InChI=1S/C14H14BNO.C8H14BNO.C6H5I/c15-14(17)16-10-8-13(9-11-16)7-6-12-4-2-1-3-5-12;1-3-8-4-6-10(7-5-8)9(2)11;7-6-4-2-1-3-5-6/h1-5,13H,8-11H2;1,8,11H,4-7H2,2H3;1-5H. The molecule has 0 saturated carbocycles. The highest BCUT2D eigenvalue weighted by Gasteiger charge is 2.22. The molecule has 2 aliphatic rings. The third kappa shape index (κ3) is 11.9. The van der Waals surface area contributed by atoms with Crippen LogP contribution in [-0.4, -0.2) is 61.6 Å². The molecule has 4 nitrogen and oxygen atoms in total. The van der Waals surface area contributed by atoms with Gasteiger partial charge >= 0.3 is 7.05 Å². The molecule has 0 bridgehead atoms. The second-order valence-electron chi connectivity index (χ2n) is 8.64. The quantitative estimate of drug-likeness (QED) is 0.302. The smallest absolute Gasteiger partial charge is 0.376 e. The van der Waals surface area contributed by atoms with E-state index in [2.05, 4.69) is 52.5 Å². The van der Waals surface area contributed by atoms with Gasteiger partial charge in [-0.2, -0.15) is 0 Å². The predicted octanol–water partition coefficient (Wildman–Crippen LogP) is 4.77. The minimum Gasteiger partial charge on any atom is -0.437 e. The van der Waals surface area contributed by atoms with Crippen LogP contribution in [0.3, 0.4) is 0 Å². The highest BCUT2D eigenvalue weighted by molar-refractivity contribution is 14.1. The van der Waals surface area contributed by atoms with Gasteiger partial charge in [0, 0.05) is 34.1 Å². The van der Waals surface area contributed by atoms with E-state index in [0.717, 1.165) is 57.4 Å². The molecule has 0 atom stereocenters. The summed E-state index contributed by atoms with van der Waals surface area (Å²) in [5.74, 6) is 9.69. The Bertz CT molecular complexity index is 971. The van der Waals surface area contributed by atoms with Gasteiger partial charge < -0.3 is 14.7 Å². The summed E-state index contributed by atoms with van der Waals surface area (Å²) in [5.41, 5.74) is 1.05. The monoisotopic (exact) mass is 578 g/mol. The molecule has 2 aromatic rings. The summed E-state index contributed by atoms with van der Waals surface area (Å²) in [6.45, 7) is 5.13. The first-order valence-electron chi connectivity index (χ1n) is 12.1. The van der Waals surface area contributed by atoms with Crippen LogP contribution < -0.4 is 0 Å². The first kappa shape index (κ1) is 29.0. The van der Waals surface area contributed by atoms with E-state index in [1.807, 2.05) is 53.3 Å². The van der Waals surface area contributed by atoms with Gasteiger partial charge in [0.05, 0.1) is 0 Å². The van der Waals surface area contributed by atoms with Crippen molar-refractivity contribution in [3.8, 4) is 24.2 Å². The van der Waals surface area contributed by atoms with Crippen molar-refractivity contribution >= 4 is 43.3 Å². The largest absolute Gasteiger partial charge is 0.437 e. The van der Waals surface area contributed by atoms with Crippen LogP contribution in [0.4, 0.5) is 4.79 Å². The van der Waals surface area contributed by atoms with Crippen LogP contribution in [0.2, 0.25) is 6.82 Å². The summed E-state index contributed by atoms with van der Waals surface area (Å²) < 4.78 is 1.29. The second-order valence-corrected chi connectivity index (χ2v) is 9.88. The molecule has 180 valence electrons. The van der Waals surface area contributed by atoms with E-state index in [-0.39, 0.29) is 12.9 Å². The Morgan fingerprint density at radius 3 is 1.91 bits per heavy atom. The molecule has 2 saturated heterocycles. The molecular formula is C28H33B2IN2O2. The number of piperidine rings is 2. The van der Waals surface area contributed by atoms with Gasteiger partial charge in [-0.05, 0) is 92.5 Å². The maximum absolute atomic E-state index is 11.0. The molecule has 7 heteroatoms. The Morgan fingerprint density at radius 2 is 1.49 bits per heavy atom. The van der Waals surface area contributed by atoms with Gasteiger partial charge in [0.1, 0.15) is 0 Å². The first-order valence-corrected chi connectivity index (χ1v) is 13.2. The fourth-order valence-electron chi connectivity index (χ4n) is 3.81. The van der Waals surface area contributed by atoms with Crippen molar-refractivity contribution in [3.63, 3.8) is 0 Å². The summed E-state index contributed by atoms with van der Waals surface area (Å²) in [6, 6.07) is 20.2. The lowest BCUT2D eigenvalue weighted by molar-refractivity contribution is 0.202. The fraction of sp³-hybridized carbons (Fsp3) is 0.393. The van der Waals surface area contributed by atoms with E-state index in [9.17, 15) is 9.82 Å². The van der Waals surface area contributed by atoms with Crippen molar-refractivity contribution in [1.29, 1.82) is 0 Å². The molecule has 1 N–H and O–H groups in total. The van der Waals surface area contributed by atoms with Crippen LogP contribution in [0, 0.1) is 39.6 Å². The minimum absolute atomic E-state index is 0.311. The molecule has 2 fully saturated rings. The molecule has 35 heavy (non-hydrogen) atoms. The minimum atomic E-state index is -0.320. The number of amides is 1. The highest BCUT2D eigenvalue weighted by atomic mass is 127. The Kier molecular flexibility index (Phi) is 13.7. The van der Waals surface area contributed by atoms with E-state index < -0.39 is 0 Å². The normalized spacial score (nSPS) is 16.2. The van der Waals surface area contributed by atoms with E-state index in [4.69, 9.17) is 14.3 Å². The number of hydrogen-bond acceptors (Lipinski definition) is 3. The average molecular weight is 578 g/mol. The van der Waals surface area contributed by atoms with Gasteiger partial charge in [0.25, 0.3) is 0 Å². The first-order chi connectivity index (χ1) is 16.9. The Balaban J connectivity index is 0.000000205. The number of halogens is 1. The molecule has 0 aromatic heterocycles. The number of likely N-dealkylation sites (tertiary alicyclic amines) is 1. The molecule has 4 rings (SSSR count). The van der Waals surface area contributed by atoms with Crippen molar-refractivity contribution in [2.75, 3.05) is 26.2 Å². The third-order valence-corrected chi connectivity index (χ3v) is 6.75. The van der Waals surface area contributed by atoms with Gasteiger partial charge in [0.2, 0.25) is 7.85 Å². The van der Waals surface area contributed by atoms with Crippen LogP contribution in [0.1, 0.15) is 31.2 Å². The van der Waals surface area contributed by atoms with Crippen LogP contribution >= 0.6 is 22.6 Å². The molecule has 2 heterocycles. The summed E-state index contributed by atoms with van der Waals surface area (Å²) in [5, 5.41) is 9.21. The SMILES string of the molecule is C#CC1CCN(B(C)O)CC1.Ic1ccccc1.[B]C(=O)N1CCC(C#Cc2ccccc2)CC1. The van der Waals surface area contributed by atoms with Gasteiger partial charge in [0.15, 0.2) is 5.81 Å². The van der Waals surface area contributed by atoms with E-state index in [0.29, 0.717) is 11.8 Å². The fourth-order valence-corrected chi connectivity index (χ4v) is 4.22. The maximum Gasteiger partial charge on any atom is 0.376 e. The summed E-state index contributed by atoms with van der Waals surface area (Å²) in [4.78, 5) is 14.7. The summed E-state index contributed by atoms with van der Waals surface area (Å²) in [7, 11) is 4.92. The highest BCUT2D eigenvalue weighted by Crippen LogP contribution is 2.17. The van der Waals surface area contributed by atoms with Gasteiger partial charge in [-0.3, -0.25) is 4.79 Å². The van der Waals surface area contributed by atoms with Crippen LogP contribution in [0.15, 0.2) is 60.7 Å². The van der Waals surface area contributed by atoms with Crippen molar-refractivity contribution in [1.82, 2.24) is 9.71 Å². The molecular weight excluding hydrogens is 545 g/mol. The Hall–Kier alpha value is -2.19. The lowest BCUT2D eigenvalue weighted by Crippen LogP contribution is -2.42. The molecule has 2 aromatic carbocycles. The molecule has 0 unspecified atom stereocenters. The van der Waals surface area contributed by atoms with Gasteiger partial charge in [-0.15, -0.1) is 12.3 Å². The zero-order valence-electron chi connectivity index (χ0n) is 20.4. The number of carbonyl (C=O) groups excluding carboxylic acids is 1. The number of hydrogen-bond donors (Lipinski definition) is 1. The van der Waals surface area contributed by atoms with E-state index in [1.54, 1.807) is 11.7 Å². The van der Waals surface area contributed by atoms with Gasteiger partial charge in [-0.25, -0.2) is 0 Å². The molecule has 2 radical (unpaired) electrons. The van der Waals surface area contributed by atoms with Crippen LogP contribution in [0.25, 0.3) is 0 Å². The number of carbonyl (C=O) groups is 1. The number of benzene rings is 2. The lowest BCUT2D eigenvalue weighted by Gasteiger charge is -2.30. The molecule has 2 aliphatic heterocycles. The number of rotatable bonds is 1. The Morgan fingerprint density at radius 1 is 0.971 bits per heavy atom. The molecule has 0 aliphatic carbocycles. The topological polar surface area (TPSA) is 43.8 Å². The number of terminal acetylenes is 1. The summed E-state index contributed by atoms with van der Waals surface area (Å²) >= 11 is 2.28. The predicted molar refractivity (Wildman–Crippen MR) is 155 cm³/mol. The lowest BCUT2D eigenvalue weighted by atomic mass is 9.81. The maximum atomic E-state index is 11.0. The average Bonchev–Trinajstić information content (AvgIpc) is 2.89. The zero-order chi connectivity index (χ0) is 25.5. The van der Waals surface area contributed by atoms with Crippen molar-refractivity contribution in [3.05, 3.63) is 69.8 Å².